The molecule has 1 atom stereocenters. The number of benzene rings is 2. The van der Waals surface area contributed by atoms with Gasteiger partial charge in [0.1, 0.15) is 11.0 Å². The Hall–Kier alpha value is -2.51. The summed E-state index contributed by atoms with van der Waals surface area (Å²) in [7, 11) is 0. The Morgan fingerprint density at radius 2 is 1.86 bits per heavy atom. The molecule has 8 heteroatoms. The van der Waals surface area contributed by atoms with Gasteiger partial charge in [-0.1, -0.05) is 23.4 Å². The van der Waals surface area contributed by atoms with Crippen LogP contribution >= 0.6 is 23.4 Å². The van der Waals surface area contributed by atoms with E-state index in [4.69, 9.17) is 16.3 Å². The van der Waals surface area contributed by atoms with Crippen molar-refractivity contribution < 1.29 is 14.3 Å². The fourth-order valence-electron chi connectivity index (χ4n) is 2.87. The molecule has 0 bridgehead atoms. The quantitative estimate of drug-likeness (QED) is 0.411. The average molecular weight is 432 g/mol. The number of amidine groups is 1. The molecule has 29 heavy (non-hydrogen) atoms. The second-order valence-electron chi connectivity index (χ2n) is 6.22. The molecule has 2 amide bonds. The van der Waals surface area contributed by atoms with Crippen molar-refractivity contribution in [2.45, 2.75) is 25.5 Å². The maximum absolute atomic E-state index is 12.9. The Balaban J connectivity index is 1.71. The number of carbonyl (C=O) groups is 2. The van der Waals surface area contributed by atoms with Gasteiger partial charge < -0.3 is 10.1 Å². The minimum Gasteiger partial charge on any atom is -0.494 e. The molecule has 6 nitrogen and oxygen atoms in total. The van der Waals surface area contributed by atoms with Gasteiger partial charge in [0.15, 0.2) is 5.17 Å². The van der Waals surface area contributed by atoms with Gasteiger partial charge in [-0.15, -0.1) is 0 Å². The van der Waals surface area contributed by atoms with E-state index < -0.39 is 5.25 Å². The van der Waals surface area contributed by atoms with Crippen molar-refractivity contribution in [2.24, 2.45) is 4.99 Å². The van der Waals surface area contributed by atoms with E-state index in [0.29, 0.717) is 34.8 Å². The number of nitrogens with zero attached hydrogens (tertiary/aromatic N) is 2. The summed E-state index contributed by atoms with van der Waals surface area (Å²) in [6.45, 7) is 4.93. The van der Waals surface area contributed by atoms with Crippen LogP contribution in [0.3, 0.4) is 0 Å². The fraction of sp³-hybridized carbons (Fsp3) is 0.286. The monoisotopic (exact) mass is 431 g/mol. The van der Waals surface area contributed by atoms with Gasteiger partial charge in [-0.25, -0.2) is 4.90 Å². The Morgan fingerprint density at radius 1 is 1.17 bits per heavy atom. The van der Waals surface area contributed by atoms with Crippen LogP contribution in [0.5, 0.6) is 5.75 Å². The number of hydrogen-bond acceptors (Lipinski definition) is 5. The topological polar surface area (TPSA) is 71.0 Å². The van der Waals surface area contributed by atoms with Crippen LogP contribution in [0.15, 0.2) is 53.5 Å². The summed E-state index contributed by atoms with van der Waals surface area (Å²) >= 11 is 7.19. The Labute approximate surface area is 179 Å². The maximum Gasteiger partial charge on any atom is 0.247 e. The van der Waals surface area contributed by atoms with Gasteiger partial charge in [-0.05, 0) is 62.4 Å². The van der Waals surface area contributed by atoms with Crippen LogP contribution in [0.2, 0.25) is 5.02 Å². The highest BCUT2D eigenvalue weighted by Gasteiger charge is 2.40. The first-order chi connectivity index (χ1) is 14.0. The largest absolute Gasteiger partial charge is 0.494 e. The van der Waals surface area contributed by atoms with Crippen molar-refractivity contribution in [3.63, 3.8) is 0 Å². The minimum absolute atomic E-state index is 0.127. The van der Waals surface area contributed by atoms with Gasteiger partial charge in [0.25, 0.3) is 0 Å². The highest BCUT2D eigenvalue weighted by atomic mass is 35.5. The predicted octanol–water partition coefficient (Wildman–Crippen LogP) is 4.59. The highest BCUT2D eigenvalue weighted by Crippen LogP contribution is 2.31. The summed E-state index contributed by atoms with van der Waals surface area (Å²) in [5, 5.41) is 3.90. The van der Waals surface area contributed by atoms with Crippen LogP contribution in [0, 0.1) is 0 Å². The number of thioether (sulfide) groups is 1. The molecule has 2 aromatic carbocycles. The number of halogens is 1. The van der Waals surface area contributed by atoms with Gasteiger partial charge in [-0.3, -0.25) is 14.6 Å². The molecule has 0 aliphatic carbocycles. The first-order valence-corrected chi connectivity index (χ1v) is 10.6. The third-order valence-electron chi connectivity index (χ3n) is 4.16. The van der Waals surface area contributed by atoms with E-state index in [1.54, 1.807) is 36.4 Å². The van der Waals surface area contributed by atoms with Crippen molar-refractivity contribution in [1.82, 2.24) is 0 Å². The number of hydrogen-bond donors (Lipinski definition) is 1. The molecule has 1 fully saturated rings. The molecule has 0 aromatic heterocycles. The number of carbonyl (C=O) groups excluding carboxylic acids is 2. The average Bonchev–Trinajstić information content (AvgIpc) is 2.98. The van der Waals surface area contributed by atoms with E-state index in [1.807, 2.05) is 26.0 Å². The number of ether oxygens (including phenoxy) is 1. The summed E-state index contributed by atoms with van der Waals surface area (Å²) < 4.78 is 5.42. The molecular weight excluding hydrogens is 410 g/mol. The summed E-state index contributed by atoms with van der Waals surface area (Å²) in [6, 6.07) is 14.2. The van der Waals surface area contributed by atoms with E-state index in [1.165, 1.54) is 16.7 Å². The third kappa shape index (κ3) is 5.31. The zero-order chi connectivity index (χ0) is 20.8. The van der Waals surface area contributed by atoms with Crippen LogP contribution in [-0.2, 0) is 9.59 Å². The lowest BCUT2D eigenvalue weighted by Crippen LogP contribution is -2.31. The molecule has 0 unspecified atom stereocenters. The van der Waals surface area contributed by atoms with Gasteiger partial charge >= 0.3 is 0 Å². The second kappa shape index (κ2) is 9.80. The normalized spacial score (nSPS) is 17.0. The molecule has 1 saturated heterocycles. The van der Waals surface area contributed by atoms with E-state index in [2.05, 4.69) is 10.3 Å². The molecule has 0 saturated carbocycles. The number of imide groups is 1. The first kappa shape index (κ1) is 21.2. The van der Waals surface area contributed by atoms with Crippen LogP contribution in [0.1, 0.15) is 20.3 Å². The van der Waals surface area contributed by atoms with E-state index in [9.17, 15) is 9.59 Å². The number of aliphatic imine (C=N–C) groups is 1. The Bertz CT molecular complexity index is 900. The zero-order valence-corrected chi connectivity index (χ0v) is 17.8. The molecule has 3 rings (SSSR count). The van der Waals surface area contributed by atoms with Crippen molar-refractivity contribution in [2.75, 3.05) is 23.4 Å². The van der Waals surface area contributed by atoms with Crippen molar-refractivity contribution in [3.8, 4) is 5.75 Å². The number of nitrogens with one attached hydrogen (secondary N) is 1. The van der Waals surface area contributed by atoms with Gasteiger partial charge in [0.2, 0.25) is 11.8 Å². The van der Waals surface area contributed by atoms with Gasteiger partial charge in [0, 0.05) is 23.7 Å². The van der Waals surface area contributed by atoms with Crippen LogP contribution < -0.4 is 15.0 Å². The van der Waals surface area contributed by atoms with Crippen molar-refractivity contribution >= 4 is 51.7 Å². The van der Waals surface area contributed by atoms with Crippen LogP contribution in [0.25, 0.3) is 0 Å². The lowest BCUT2D eigenvalue weighted by Gasteiger charge is -2.16. The molecule has 0 radical (unpaired) electrons. The number of rotatable bonds is 6. The van der Waals surface area contributed by atoms with E-state index in [0.717, 1.165) is 5.69 Å². The van der Waals surface area contributed by atoms with Crippen molar-refractivity contribution in [1.29, 1.82) is 0 Å². The molecule has 152 valence electrons. The smallest absolute Gasteiger partial charge is 0.247 e. The summed E-state index contributed by atoms with van der Waals surface area (Å²) in [4.78, 5) is 31.1. The summed E-state index contributed by atoms with van der Waals surface area (Å²) in [6.07, 6.45) is 0.127. The zero-order valence-electron chi connectivity index (χ0n) is 16.2. The molecule has 1 N–H and O–H groups in total. The molecule has 2 aromatic rings. The molecular formula is C21H22ClN3O3S. The predicted molar refractivity (Wildman–Crippen MR) is 119 cm³/mol. The van der Waals surface area contributed by atoms with Crippen LogP contribution in [-0.4, -0.2) is 35.4 Å². The van der Waals surface area contributed by atoms with Crippen molar-refractivity contribution in [3.05, 3.63) is 53.6 Å². The Morgan fingerprint density at radius 3 is 2.48 bits per heavy atom. The molecule has 1 aliphatic heterocycles. The minimum atomic E-state index is -0.529. The number of anilines is 2. The summed E-state index contributed by atoms with van der Waals surface area (Å²) in [5.41, 5.74) is 1.36. The standard InChI is InChI=1S/C21H22ClN3O3S/c1-3-23-21(24-15-7-5-14(22)6-8-15)29-18-13-19(26)25(20(18)27)16-9-11-17(12-10-16)28-4-2/h5-12,18H,3-4,13H2,1-2H3,(H,23,24)/t18-/m1/s1. The van der Waals surface area contributed by atoms with Gasteiger partial charge in [-0.2, -0.15) is 0 Å². The first-order valence-electron chi connectivity index (χ1n) is 9.35. The molecule has 1 heterocycles. The van der Waals surface area contributed by atoms with Gasteiger partial charge in [0.05, 0.1) is 12.3 Å². The molecule has 0 spiro atoms. The fourth-order valence-corrected chi connectivity index (χ4v) is 4.07. The van der Waals surface area contributed by atoms with E-state index in [-0.39, 0.29) is 18.2 Å². The highest BCUT2D eigenvalue weighted by molar-refractivity contribution is 8.15. The second-order valence-corrected chi connectivity index (χ2v) is 7.84. The lowest BCUT2D eigenvalue weighted by molar-refractivity contribution is -0.121. The van der Waals surface area contributed by atoms with E-state index >= 15 is 0 Å². The SMILES string of the molecule is CCN=C(Nc1ccc(Cl)cc1)S[C@@H]1CC(=O)N(c2ccc(OCC)cc2)C1=O. The van der Waals surface area contributed by atoms with Crippen LogP contribution in [0.4, 0.5) is 11.4 Å². The Kier molecular flexibility index (Phi) is 7.17. The maximum atomic E-state index is 12.9. The number of amides is 2. The third-order valence-corrected chi connectivity index (χ3v) is 5.52. The molecule has 1 aliphatic rings. The summed E-state index contributed by atoms with van der Waals surface area (Å²) in [5.74, 6) is 0.232. The lowest BCUT2D eigenvalue weighted by atomic mass is 10.3.